The molecule has 0 aliphatic heterocycles. The van der Waals surface area contributed by atoms with E-state index < -0.39 is 0 Å². The van der Waals surface area contributed by atoms with Gasteiger partial charge in [-0.1, -0.05) is 0 Å². The number of hydrogen-bond donors (Lipinski definition) is 2. The summed E-state index contributed by atoms with van der Waals surface area (Å²) in [5.41, 5.74) is 9.24. The molecule has 0 atom stereocenters. The normalized spacial score (nSPS) is 4.80. The van der Waals surface area contributed by atoms with Crippen molar-refractivity contribution >= 4 is 17.3 Å². The Labute approximate surface area is 50.2 Å². The summed E-state index contributed by atoms with van der Waals surface area (Å²) in [6, 6.07) is 0. The third kappa shape index (κ3) is 173. The Morgan fingerprint density at radius 3 is 1.40 bits per heavy atom. The average molecular weight is 271 g/mol. The van der Waals surface area contributed by atoms with Crippen molar-refractivity contribution in [3.63, 3.8) is 0 Å². The van der Waals surface area contributed by atoms with Crippen LogP contribution in [0, 0.1) is 0 Å². The zero-order valence-corrected chi connectivity index (χ0v) is 5.47. The number of nitrogens with two attached hydrogens (primary N) is 2. The molecule has 5 heavy (non-hydrogen) atoms. The third-order valence-electron chi connectivity index (χ3n) is 0. The summed E-state index contributed by atoms with van der Waals surface area (Å²) in [6.07, 6.45) is 0. The van der Waals surface area contributed by atoms with Crippen molar-refractivity contribution in [2.45, 2.75) is 0 Å². The topological polar surface area (TPSA) is 52.0 Å². The average Bonchev–Trinajstić information content (AvgIpc) is 0.811. The fourth-order valence-corrected chi connectivity index (χ4v) is 0. The van der Waals surface area contributed by atoms with E-state index in [2.05, 4.69) is 23.7 Å². The minimum atomic E-state index is 0. The van der Waals surface area contributed by atoms with Crippen molar-refractivity contribution in [1.29, 1.82) is 0 Å². The van der Waals surface area contributed by atoms with E-state index >= 15 is 0 Å². The van der Waals surface area contributed by atoms with Crippen LogP contribution in [0.4, 0.5) is 0 Å². The van der Waals surface area contributed by atoms with E-state index in [-0.39, 0.29) is 26.2 Å². The molecule has 0 aromatic heterocycles. The molecule has 0 aromatic rings. The minimum Gasteiger partial charge on any atom is -0.377 e. The standard InChI is InChI=1S/CH4N2S.Pt/c2-1(3)4;/h(H4,2,3,4);. The Hall–Kier alpha value is 0.378. The molecular weight excluding hydrogens is 267 g/mol. The van der Waals surface area contributed by atoms with Crippen LogP contribution in [0.1, 0.15) is 0 Å². The minimum absolute atomic E-state index is 0. The molecule has 0 aromatic carbocycles. The van der Waals surface area contributed by atoms with Crippen LogP contribution in [0.5, 0.6) is 0 Å². The predicted octanol–water partition coefficient (Wildman–Crippen LogP) is -0.814. The Bertz CT molecular complexity index is 32.6. The van der Waals surface area contributed by atoms with Crippen molar-refractivity contribution in [2.75, 3.05) is 0 Å². The van der Waals surface area contributed by atoms with E-state index in [1.165, 1.54) is 0 Å². The van der Waals surface area contributed by atoms with Crippen LogP contribution in [-0.2, 0) is 21.1 Å². The summed E-state index contributed by atoms with van der Waals surface area (Å²) in [7, 11) is 0. The summed E-state index contributed by atoms with van der Waals surface area (Å²) >= 11 is 4.09. The smallest absolute Gasteiger partial charge is 0.160 e. The molecule has 0 rings (SSSR count). The molecule has 0 bridgehead atoms. The van der Waals surface area contributed by atoms with Gasteiger partial charge in [0.25, 0.3) is 0 Å². The third-order valence-corrected chi connectivity index (χ3v) is 0. The van der Waals surface area contributed by atoms with Gasteiger partial charge in [0.1, 0.15) is 0 Å². The molecule has 0 radical (unpaired) electrons. The first-order valence-corrected chi connectivity index (χ1v) is 1.19. The van der Waals surface area contributed by atoms with Gasteiger partial charge in [-0.15, -0.1) is 0 Å². The van der Waals surface area contributed by atoms with Crippen molar-refractivity contribution in [1.82, 2.24) is 0 Å². The molecule has 0 saturated carbocycles. The summed E-state index contributed by atoms with van der Waals surface area (Å²) in [5, 5.41) is 0.000000000000000222. The van der Waals surface area contributed by atoms with Gasteiger partial charge in [-0.3, -0.25) is 0 Å². The molecule has 34 valence electrons. The van der Waals surface area contributed by atoms with E-state index in [0.717, 1.165) is 0 Å². The zero-order valence-electron chi connectivity index (χ0n) is 2.38. The van der Waals surface area contributed by atoms with Crippen LogP contribution in [-0.4, -0.2) is 5.11 Å². The fraction of sp³-hybridized carbons (Fsp3) is 0. The van der Waals surface area contributed by atoms with Crippen LogP contribution in [0.15, 0.2) is 0 Å². The molecule has 0 saturated heterocycles. The number of thiocarbonyl (C=S) groups is 1. The monoisotopic (exact) mass is 271 g/mol. The Morgan fingerprint density at radius 2 is 1.40 bits per heavy atom. The maximum atomic E-state index is 4.62. The first kappa shape index (κ1) is 9.03. The van der Waals surface area contributed by atoms with Crippen molar-refractivity contribution in [3.05, 3.63) is 0 Å². The summed E-state index contributed by atoms with van der Waals surface area (Å²) in [6.45, 7) is 0. The molecular formula is CH4N2PtS. The van der Waals surface area contributed by atoms with Crippen LogP contribution < -0.4 is 11.5 Å². The van der Waals surface area contributed by atoms with E-state index in [0.29, 0.717) is 0 Å². The maximum absolute atomic E-state index is 4.62. The van der Waals surface area contributed by atoms with Gasteiger partial charge in [0.05, 0.1) is 0 Å². The fourth-order valence-electron chi connectivity index (χ4n) is 0. The molecule has 0 heterocycles. The SMILES string of the molecule is NC(N)=S.[Pt]. The second kappa shape index (κ2) is 4.38. The van der Waals surface area contributed by atoms with Crippen LogP contribution in [0.2, 0.25) is 0 Å². The Kier molecular flexibility index (Phi) is 7.91. The van der Waals surface area contributed by atoms with Crippen LogP contribution in [0.3, 0.4) is 0 Å². The molecule has 4 N–H and O–H groups in total. The summed E-state index contributed by atoms with van der Waals surface area (Å²) in [4.78, 5) is 0. The van der Waals surface area contributed by atoms with Gasteiger partial charge in [0.15, 0.2) is 5.11 Å². The molecule has 0 unspecified atom stereocenters. The van der Waals surface area contributed by atoms with E-state index in [1.54, 1.807) is 0 Å². The van der Waals surface area contributed by atoms with Crippen molar-refractivity contribution < 1.29 is 21.1 Å². The Morgan fingerprint density at radius 1 is 1.40 bits per heavy atom. The van der Waals surface area contributed by atoms with Crippen molar-refractivity contribution in [3.8, 4) is 0 Å². The molecule has 2 nitrogen and oxygen atoms in total. The first-order valence-electron chi connectivity index (χ1n) is 0.781. The molecule has 0 fully saturated rings. The predicted molar refractivity (Wildman–Crippen MR) is 21.0 cm³/mol. The number of rotatable bonds is 0. The Balaban J connectivity index is 0. The second-order valence-corrected chi connectivity index (χ2v) is 0.874. The molecule has 0 aliphatic rings. The van der Waals surface area contributed by atoms with Gasteiger partial charge in [-0.2, -0.15) is 0 Å². The van der Waals surface area contributed by atoms with Gasteiger partial charge in [-0.05, 0) is 12.2 Å². The van der Waals surface area contributed by atoms with Gasteiger partial charge in [-0.25, -0.2) is 0 Å². The first-order chi connectivity index (χ1) is 1.73. The van der Waals surface area contributed by atoms with Gasteiger partial charge >= 0.3 is 0 Å². The van der Waals surface area contributed by atoms with E-state index in [4.69, 9.17) is 0 Å². The van der Waals surface area contributed by atoms with Gasteiger partial charge in [0, 0.05) is 21.1 Å². The second-order valence-electron chi connectivity index (χ2n) is 0.402. The van der Waals surface area contributed by atoms with Crippen molar-refractivity contribution in [2.24, 2.45) is 11.5 Å². The molecule has 0 amide bonds. The van der Waals surface area contributed by atoms with Crippen LogP contribution in [0.25, 0.3) is 0 Å². The maximum Gasteiger partial charge on any atom is 0.160 e. The van der Waals surface area contributed by atoms with Gasteiger partial charge < -0.3 is 11.5 Å². The molecule has 0 spiro atoms. The number of hydrogen-bond acceptors (Lipinski definition) is 1. The van der Waals surface area contributed by atoms with E-state index in [9.17, 15) is 0 Å². The summed E-state index contributed by atoms with van der Waals surface area (Å²) < 4.78 is 0. The van der Waals surface area contributed by atoms with Gasteiger partial charge in [0.2, 0.25) is 0 Å². The largest absolute Gasteiger partial charge is 0.377 e. The molecule has 4 heteroatoms. The van der Waals surface area contributed by atoms with Crippen LogP contribution >= 0.6 is 12.2 Å². The molecule has 0 aliphatic carbocycles. The quantitative estimate of drug-likeness (QED) is 0.566. The summed E-state index contributed by atoms with van der Waals surface area (Å²) in [5.74, 6) is 0. The zero-order chi connectivity index (χ0) is 3.58. The van der Waals surface area contributed by atoms with E-state index in [1.807, 2.05) is 0 Å².